The Hall–Kier alpha value is -3.57. The van der Waals surface area contributed by atoms with Gasteiger partial charge in [0.25, 0.3) is 0 Å². The van der Waals surface area contributed by atoms with E-state index in [0.717, 1.165) is 6.07 Å². The predicted molar refractivity (Wildman–Crippen MR) is 119 cm³/mol. The number of sulfonamides is 1. The minimum Gasteiger partial charge on any atom is -0.493 e. The molecule has 3 aromatic rings. The van der Waals surface area contributed by atoms with Crippen molar-refractivity contribution in [1.82, 2.24) is 4.72 Å². The van der Waals surface area contributed by atoms with Gasteiger partial charge in [0.05, 0.1) is 24.8 Å². The predicted octanol–water partition coefficient (Wildman–Crippen LogP) is 3.65. The SMILES string of the molecule is COc1ccc(S(=O)(=O)NC(Cc2ccccc2)C(=O)Nc2ccc(F)c(F)c2F)cc1OC. The van der Waals surface area contributed by atoms with E-state index in [4.69, 9.17) is 9.47 Å². The van der Waals surface area contributed by atoms with Crippen molar-refractivity contribution in [1.29, 1.82) is 0 Å². The minimum absolute atomic E-state index is 0.107. The standard InChI is InChI=1S/C23H21F3N2O5S/c1-32-19-11-8-15(13-20(19)33-2)34(30,31)28-18(12-14-6-4-3-5-7-14)23(29)27-17-10-9-16(24)21(25)22(17)26/h3-11,13,18,28H,12H2,1-2H3,(H,27,29). The summed E-state index contributed by atoms with van der Waals surface area (Å²) in [7, 11) is -1.55. The molecule has 2 N–H and O–H groups in total. The van der Waals surface area contributed by atoms with Crippen molar-refractivity contribution in [3.63, 3.8) is 0 Å². The highest BCUT2D eigenvalue weighted by Crippen LogP contribution is 2.29. The molecule has 34 heavy (non-hydrogen) atoms. The summed E-state index contributed by atoms with van der Waals surface area (Å²) in [6.07, 6.45) is -0.107. The molecular formula is C23H21F3N2O5S. The van der Waals surface area contributed by atoms with Gasteiger partial charge in [0.1, 0.15) is 6.04 Å². The fourth-order valence-electron chi connectivity index (χ4n) is 3.12. The number of carbonyl (C=O) groups excluding carboxylic acids is 1. The Morgan fingerprint density at radius 1 is 0.912 bits per heavy atom. The van der Waals surface area contributed by atoms with Gasteiger partial charge in [-0.05, 0) is 36.2 Å². The lowest BCUT2D eigenvalue weighted by Gasteiger charge is -2.19. The molecule has 3 aromatic carbocycles. The van der Waals surface area contributed by atoms with Gasteiger partial charge in [0, 0.05) is 6.07 Å². The van der Waals surface area contributed by atoms with E-state index in [2.05, 4.69) is 10.0 Å². The van der Waals surface area contributed by atoms with Crippen molar-refractivity contribution in [2.75, 3.05) is 19.5 Å². The second kappa shape index (κ2) is 10.6. The number of rotatable bonds is 9. The van der Waals surface area contributed by atoms with Crippen LogP contribution in [0.1, 0.15) is 5.56 Å². The highest BCUT2D eigenvalue weighted by Gasteiger charge is 2.28. The summed E-state index contributed by atoms with van der Waals surface area (Å²) in [6.45, 7) is 0. The number of nitrogens with one attached hydrogen (secondary N) is 2. The molecule has 0 saturated heterocycles. The topological polar surface area (TPSA) is 93.7 Å². The van der Waals surface area contributed by atoms with Gasteiger partial charge in [-0.15, -0.1) is 0 Å². The molecule has 0 aromatic heterocycles. The van der Waals surface area contributed by atoms with Gasteiger partial charge >= 0.3 is 0 Å². The number of carbonyl (C=O) groups is 1. The third-order valence-electron chi connectivity index (χ3n) is 4.85. The quantitative estimate of drug-likeness (QED) is 0.443. The average Bonchev–Trinajstić information content (AvgIpc) is 2.84. The number of hydrogen-bond acceptors (Lipinski definition) is 5. The lowest BCUT2D eigenvalue weighted by molar-refractivity contribution is -0.117. The molecule has 0 radical (unpaired) electrons. The first-order chi connectivity index (χ1) is 16.2. The molecule has 180 valence electrons. The van der Waals surface area contributed by atoms with Gasteiger partial charge < -0.3 is 14.8 Å². The molecule has 1 unspecified atom stereocenters. The zero-order valence-corrected chi connectivity index (χ0v) is 19.0. The highest BCUT2D eigenvalue weighted by atomic mass is 32.2. The lowest BCUT2D eigenvalue weighted by atomic mass is 10.1. The fourth-order valence-corrected chi connectivity index (χ4v) is 4.33. The molecule has 3 rings (SSSR count). The van der Waals surface area contributed by atoms with Crippen LogP contribution in [-0.2, 0) is 21.2 Å². The van der Waals surface area contributed by atoms with Crippen LogP contribution in [0.5, 0.6) is 11.5 Å². The maximum atomic E-state index is 14.1. The average molecular weight is 494 g/mol. The molecule has 0 aliphatic heterocycles. The van der Waals surface area contributed by atoms with Crippen LogP contribution in [0.2, 0.25) is 0 Å². The normalized spacial score (nSPS) is 12.1. The van der Waals surface area contributed by atoms with Crippen LogP contribution < -0.4 is 19.5 Å². The number of halogens is 3. The number of hydrogen-bond donors (Lipinski definition) is 2. The summed E-state index contributed by atoms with van der Waals surface area (Å²) in [5.41, 5.74) is -0.0318. The molecule has 7 nitrogen and oxygen atoms in total. The van der Waals surface area contributed by atoms with Crippen molar-refractivity contribution in [3.05, 3.63) is 83.7 Å². The first-order valence-corrected chi connectivity index (χ1v) is 11.4. The van der Waals surface area contributed by atoms with Crippen LogP contribution in [0.25, 0.3) is 0 Å². The van der Waals surface area contributed by atoms with Crippen molar-refractivity contribution < 1.29 is 35.9 Å². The smallest absolute Gasteiger partial charge is 0.242 e. The third-order valence-corrected chi connectivity index (χ3v) is 6.32. The summed E-state index contributed by atoms with van der Waals surface area (Å²) in [4.78, 5) is 12.7. The first-order valence-electron chi connectivity index (χ1n) is 9.89. The molecule has 0 bridgehead atoms. The summed E-state index contributed by atoms with van der Waals surface area (Å²) in [5, 5.41) is 2.12. The number of amides is 1. The third kappa shape index (κ3) is 5.67. The van der Waals surface area contributed by atoms with Gasteiger partial charge in [-0.3, -0.25) is 4.79 Å². The van der Waals surface area contributed by atoms with Crippen LogP contribution in [0, 0.1) is 17.5 Å². The van der Waals surface area contributed by atoms with Gasteiger partial charge in [-0.2, -0.15) is 4.72 Å². The maximum absolute atomic E-state index is 14.1. The number of anilines is 1. The van der Waals surface area contributed by atoms with E-state index < -0.39 is 45.1 Å². The Balaban J connectivity index is 1.93. The van der Waals surface area contributed by atoms with Gasteiger partial charge in [-0.1, -0.05) is 30.3 Å². The minimum atomic E-state index is -4.27. The van der Waals surface area contributed by atoms with Crippen LogP contribution >= 0.6 is 0 Å². The van der Waals surface area contributed by atoms with Crippen LogP contribution in [0.15, 0.2) is 65.6 Å². The van der Waals surface area contributed by atoms with Crippen molar-refractivity contribution in [2.24, 2.45) is 0 Å². The summed E-state index contributed by atoms with van der Waals surface area (Å²) >= 11 is 0. The lowest BCUT2D eigenvalue weighted by Crippen LogP contribution is -2.45. The van der Waals surface area contributed by atoms with E-state index >= 15 is 0 Å². The molecule has 0 fully saturated rings. The van der Waals surface area contributed by atoms with Crippen LogP contribution in [0.4, 0.5) is 18.9 Å². The second-order valence-corrected chi connectivity index (χ2v) is 8.81. The second-order valence-electron chi connectivity index (χ2n) is 7.09. The van der Waals surface area contributed by atoms with E-state index in [-0.39, 0.29) is 17.1 Å². The Morgan fingerprint density at radius 2 is 1.59 bits per heavy atom. The Kier molecular flexibility index (Phi) is 7.79. The maximum Gasteiger partial charge on any atom is 0.242 e. The van der Waals surface area contributed by atoms with E-state index in [9.17, 15) is 26.4 Å². The molecule has 1 atom stereocenters. The molecular weight excluding hydrogens is 473 g/mol. The number of ether oxygens (including phenoxy) is 2. The van der Waals surface area contributed by atoms with Gasteiger partial charge in [-0.25, -0.2) is 21.6 Å². The van der Waals surface area contributed by atoms with Crippen LogP contribution in [0.3, 0.4) is 0 Å². The summed E-state index contributed by atoms with van der Waals surface area (Å²) < 4.78 is 79.5. The molecule has 11 heteroatoms. The Morgan fingerprint density at radius 3 is 2.24 bits per heavy atom. The van der Waals surface area contributed by atoms with Crippen molar-refractivity contribution in [2.45, 2.75) is 17.4 Å². The molecule has 0 heterocycles. The summed E-state index contributed by atoms with van der Waals surface area (Å²) in [5.74, 6) is -5.31. The van der Waals surface area contributed by atoms with Gasteiger partial charge in [0.15, 0.2) is 29.0 Å². The van der Waals surface area contributed by atoms with E-state index in [0.29, 0.717) is 17.4 Å². The largest absolute Gasteiger partial charge is 0.493 e. The molecule has 0 saturated carbocycles. The van der Waals surface area contributed by atoms with Gasteiger partial charge in [0.2, 0.25) is 15.9 Å². The van der Waals surface area contributed by atoms with Crippen molar-refractivity contribution in [3.8, 4) is 11.5 Å². The first kappa shape index (κ1) is 25.1. The summed E-state index contributed by atoms with van der Waals surface area (Å²) in [6, 6.07) is 12.4. The molecule has 1 amide bonds. The fraction of sp³-hybridized carbons (Fsp3) is 0.174. The number of methoxy groups -OCH3 is 2. The Labute approximate surface area is 194 Å². The van der Waals surface area contributed by atoms with Crippen LogP contribution in [-0.4, -0.2) is 34.6 Å². The molecule has 0 spiro atoms. The Bertz CT molecular complexity index is 1290. The number of benzene rings is 3. The monoisotopic (exact) mass is 494 g/mol. The van der Waals surface area contributed by atoms with Crippen molar-refractivity contribution >= 4 is 21.6 Å². The molecule has 0 aliphatic rings. The van der Waals surface area contributed by atoms with E-state index in [1.807, 2.05) is 0 Å². The van der Waals surface area contributed by atoms with E-state index in [1.165, 1.54) is 32.4 Å². The molecule has 0 aliphatic carbocycles. The zero-order chi connectivity index (χ0) is 24.9. The zero-order valence-electron chi connectivity index (χ0n) is 18.1. The van der Waals surface area contributed by atoms with E-state index in [1.54, 1.807) is 30.3 Å². The highest BCUT2D eigenvalue weighted by molar-refractivity contribution is 7.89.